The normalized spacial score (nSPS) is 10.7. The molecule has 1 aromatic carbocycles. The summed E-state index contributed by atoms with van der Waals surface area (Å²) in [5, 5.41) is 2.64. The topological polar surface area (TPSA) is 38.9 Å². The maximum atomic E-state index is 6.07. The second kappa shape index (κ2) is 3.46. The maximum Gasteiger partial charge on any atom is 0.132 e. The van der Waals surface area contributed by atoms with E-state index >= 15 is 0 Å². The van der Waals surface area contributed by atoms with Gasteiger partial charge in [0, 0.05) is 11.6 Å². The van der Waals surface area contributed by atoms with Crippen molar-refractivity contribution in [2.45, 2.75) is 13.3 Å². The van der Waals surface area contributed by atoms with E-state index in [1.54, 1.807) is 0 Å². The molecule has 0 saturated carbocycles. The van der Waals surface area contributed by atoms with Gasteiger partial charge in [0.1, 0.15) is 5.82 Å². The number of nitrogens with zero attached hydrogens (tertiary/aromatic N) is 1. The molecule has 1 aromatic heterocycles. The van der Waals surface area contributed by atoms with Crippen LogP contribution in [0.5, 0.6) is 0 Å². The summed E-state index contributed by atoms with van der Waals surface area (Å²) in [4.78, 5) is 4.13. The molecule has 0 amide bonds. The van der Waals surface area contributed by atoms with Crippen molar-refractivity contribution < 1.29 is 0 Å². The van der Waals surface area contributed by atoms with E-state index in [4.69, 9.17) is 17.3 Å². The number of fused-ring (bicyclic) bond motifs is 1. The molecule has 0 aliphatic heterocycles. The largest absolute Gasteiger partial charge is 0.383 e. The van der Waals surface area contributed by atoms with Gasteiger partial charge in [-0.15, -0.1) is 0 Å². The molecule has 2 rings (SSSR count). The predicted octanol–water partition coefficient (Wildman–Crippen LogP) is 3.03. The molecule has 0 bridgehead atoms. The first-order valence-electron chi connectivity index (χ1n) is 4.55. The Morgan fingerprint density at radius 3 is 2.93 bits per heavy atom. The molecule has 0 aliphatic rings. The molecular formula is C11H11ClN2. The fourth-order valence-electron chi connectivity index (χ4n) is 1.62. The number of halogens is 1. The molecule has 14 heavy (non-hydrogen) atoms. The zero-order valence-electron chi connectivity index (χ0n) is 7.92. The van der Waals surface area contributed by atoms with Crippen molar-refractivity contribution in [3.05, 3.63) is 35.0 Å². The maximum absolute atomic E-state index is 6.07. The fourth-order valence-corrected chi connectivity index (χ4v) is 1.89. The van der Waals surface area contributed by atoms with E-state index in [1.807, 2.05) is 24.4 Å². The summed E-state index contributed by atoms with van der Waals surface area (Å²) in [7, 11) is 0. The predicted molar refractivity (Wildman–Crippen MR) is 60.5 cm³/mol. The summed E-state index contributed by atoms with van der Waals surface area (Å²) >= 11 is 6.07. The molecule has 0 aliphatic carbocycles. The molecule has 2 nitrogen and oxygen atoms in total. The average Bonchev–Trinajstić information content (AvgIpc) is 2.18. The highest BCUT2D eigenvalue weighted by atomic mass is 35.5. The molecule has 0 saturated heterocycles. The first-order valence-corrected chi connectivity index (χ1v) is 4.93. The Balaban J connectivity index is 2.91. The minimum atomic E-state index is 0.503. The van der Waals surface area contributed by atoms with Crippen molar-refractivity contribution in [2.75, 3.05) is 5.73 Å². The van der Waals surface area contributed by atoms with Crippen LogP contribution in [0.25, 0.3) is 10.8 Å². The smallest absolute Gasteiger partial charge is 0.132 e. The van der Waals surface area contributed by atoms with E-state index in [0.29, 0.717) is 10.8 Å². The van der Waals surface area contributed by atoms with Gasteiger partial charge in [0.15, 0.2) is 0 Å². The van der Waals surface area contributed by atoms with Crippen LogP contribution in [0.1, 0.15) is 12.5 Å². The second-order valence-corrected chi connectivity index (χ2v) is 3.59. The van der Waals surface area contributed by atoms with Crippen LogP contribution in [-0.2, 0) is 6.42 Å². The molecule has 0 spiro atoms. The Labute approximate surface area is 87.7 Å². The Morgan fingerprint density at radius 1 is 1.43 bits per heavy atom. The highest BCUT2D eigenvalue weighted by Gasteiger charge is 2.06. The van der Waals surface area contributed by atoms with Gasteiger partial charge in [-0.05, 0) is 23.4 Å². The number of pyridine rings is 1. The second-order valence-electron chi connectivity index (χ2n) is 3.18. The quantitative estimate of drug-likeness (QED) is 0.779. The molecule has 1 heterocycles. The molecule has 0 fully saturated rings. The zero-order valence-corrected chi connectivity index (χ0v) is 8.67. The van der Waals surface area contributed by atoms with Crippen molar-refractivity contribution in [2.24, 2.45) is 0 Å². The van der Waals surface area contributed by atoms with Crippen LogP contribution in [0.3, 0.4) is 0 Å². The molecule has 2 N–H and O–H groups in total. The number of hydrogen-bond acceptors (Lipinski definition) is 2. The highest BCUT2D eigenvalue weighted by molar-refractivity contribution is 6.36. The summed E-state index contributed by atoms with van der Waals surface area (Å²) in [5.74, 6) is 0.503. The molecule has 3 heteroatoms. The van der Waals surface area contributed by atoms with E-state index in [2.05, 4.69) is 11.9 Å². The van der Waals surface area contributed by atoms with Gasteiger partial charge in [0.25, 0.3) is 0 Å². The molecule has 0 radical (unpaired) electrons. The minimum absolute atomic E-state index is 0.503. The number of aromatic nitrogens is 1. The first kappa shape index (κ1) is 9.28. The van der Waals surface area contributed by atoms with Crippen LogP contribution in [-0.4, -0.2) is 4.98 Å². The number of rotatable bonds is 1. The first-order chi connectivity index (χ1) is 6.74. The zero-order chi connectivity index (χ0) is 10.1. The van der Waals surface area contributed by atoms with Crippen molar-refractivity contribution in [3.63, 3.8) is 0 Å². The Hall–Kier alpha value is -1.28. The van der Waals surface area contributed by atoms with Crippen LogP contribution in [0.2, 0.25) is 5.02 Å². The van der Waals surface area contributed by atoms with Crippen LogP contribution < -0.4 is 5.73 Å². The highest BCUT2D eigenvalue weighted by Crippen LogP contribution is 2.29. The third kappa shape index (κ3) is 1.32. The van der Waals surface area contributed by atoms with Gasteiger partial charge in [-0.1, -0.05) is 30.7 Å². The lowest BCUT2D eigenvalue weighted by Crippen LogP contribution is -1.95. The molecule has 72 valence electrons. The van der Waals surface area contributed by atoms with Crippen molar-refractivity contribution in [3.8, 4) is 0 Å². The molecule has 0 unspecified atom stereocenters. The number of anilines is 1. The van der Waals surface area contributed by atoms with E-state index < -0.39 is 0 Å². The van der Waals surface area contributed by atoms with Crippen molar-refractivity contribution >= 4 is 28.2 Å². The lowest BCUT2D eigenvalue weighted by Gasteiger charge is -2.07. The van der Waals surface area contributed by atoms with Gasteiger partial charge in [-0.2, -0.15) is 0 Å². The number of benzene rings is 1. The number of hydrogen-bond donors (Lipinski definition) is 1. The van der Waals surface area contributed by atoms with Crippen LogP contribution >= 0.6 is 11.6 Å². The fraction of sp³-hybridized carbons (Fsp3) is 0.182. The Kier molecular flexibility index (Phi) is 2.30. The number of nitrogen functional groups attached to an aromatic ring is 1. The van der Waals surface area contributed by atoms with Crippen LogP contribution in [0.4, 0.5) is 5.82 Å². The third-order valence-electron chi connectivity index (χ3n) is 2.36. The number of nitrogens with two attached hydrogens (primary N) is 1. The Bertz CT molecular complexity index is 472. The van der Waals surface area contributed by atoms with Gasteiger partial charge in [0.05, 0.1) is 5.02 Å². The monoisotopic (exact) mass is 206 g/mol. The van der Waals surface area contributed by atoms with E-state index in [-0.39, 0.29) is 0 Å². The van der Waals surface area contributed by atoms with Gasteiger partial charge >= 0.3 is 0 Å². The van der Waals surface area contributed by atoms with Crippen molar-refractivity contribution in [1.29, 1.82) is 0 Å². The standard InChI is InChI=1S/C11H11ClN2/c1-2-7-6-14-11(13)10-8(7)4-3-5-9(10)12/h3-6H,2H2,1H3,(H2,13,14). The summed E-state index contributed by atoms with van der Waals surface area (Å²) in [5.41, 5.74) is 6.96. The number of aryl methyl sites for hydroxylation is 1. The van der Waals surface area contributed by atoms with E-state index in [0.717, 1.165) is 17.2 Å². The van der Waals surface area contributed by atoms with Gasteiger partial charge in [-0.25, -0.2) is 4.98 Å². The molecular weight excluding hydrogens is 196 g/mol. The Morgan fingerprint density at radius 2 is 2.21 bits per heavy atom. The lowest BCUT2D eigenvalue weighted by molar-refractivity contribution is 1.13. The minimum Gasteiger partial charge on any atom is -0.383 e. The molecule has 2 aromatic rings. The van der Waals surface area contributed by atoms with Gasteiger partial charge in [-0.3, -0.25) is 0 Å². The van der Waals surface area contributed by atoms with Gasteiger partial charge in [0.2, 0.25) is 0 Å². The SMILES string of the molecule is CCc1cnc(N)c2c(Cl)cccc12. The van der Waals surface area contributed by atoms with E-state index in [1.165, 1.54) is 5.56 Å². The van der Waals surface area contributed by atoms with Crippen molar-refractivity contribution in [1.82, 2.24) is 4.98 Å². The summed E-state index contributed by atoms with van der Waals surface area (Å²) in [6, 6.07) is 5.79. The summed E-state index contributed by atoms with van der Waals surface area (Å²) in [6.07, 6.45) is 2.75. The van der Waals surface area contributed by atoms with Gasteiger partial charge < -0.3 is 5.73 Å². The third-order valence-corrected chi connectivity index (χ3v) is 2.67. The average molecular weight is 207 g/mol. The summed E-state index contributed by atoms with van der Waals surface area (Å²) < 4.78 is 0. The van der Waals surface area contributed by atoms with Crippen LogP contribution in [0, 0.1) is 0 Å². The molecule has 0 atom stereocenters. The van der Waals surface area contributed by atoms with E-state index in [9.17, 15) is 0 Å². The summed E-state index contributed by atoms with van der Waals surface area (Å²) in [6.45, 7) is 2.09. The van der Waals surface area contributed by atoms with Crippen LogP contribution in [0.15, 0.2) is 24.4 Å². The lowest BCUT2D eigenvalue weighted by atomic mass is 10.1.